The lowest BCUT2D eigenvalue weighted by atomic mass is 10.2. The summed E-state index contributed by atoms with van der Waals surface area (Å²) >= 11 is 0. The zero-order chi connectivity index (χ0) is 11.3. The average molecular weight is 212 g/mol. The first kappa shape index (κ1) is 11.4. The molecule has 15 heavy (non-hydrogen) atoms. The third-order valence-electron chi connectivity index (χ3n) is 2.05. The first-order valence-corrected chi connectivity index (χ1v) is 5.01. The molecule has 0 fully saturated rings. The fourth-order valence-electron chi connectivity index (χ4n) is 1.27. The summed E-state index contributed by atoms with van der Waals surface area (Å²) < 4.78 is 0. The number of H-pyrrole nitrogens is 2. The lowest BCUT2D eigenvalue weighted by Gasteiger charge is -2.06. The molecule has 1 aromatic heterocycles. The maximum absolute atomic E-state index is 11.3. The highest BCUT2D eigenvalue weighted by atomic mass is 16.2. The highest BCUT2D eigenvalue weighted by Crippen LogP contribution is 2.05. The van der Waals surface area contributed by atoms with E-state index in [1.54, 1.807) is 0 Å². The Morgan fingerprint density at radius 3 is 2.60 bits per heavy atom. The summed E-state index contributed by atoms with van der Waals surface area (Å²) in [4.78, 5) is 26.6. The molecule has 1 heterocycles. The highest BCUT2D eigenvalue weighted by Gasteiger charge is 2.04. The molecule has 5 N–H and O–H groups in total. The summed E-state index contributed by atoms with van der Waals surface area (Å²) in [6.07, 6.45) is 3.17. The molecular weight excluding hydrogens is 196 g/mol. The number of nitrogen functional groups attached to an aromatic ring is 1. The van der Waals surface area contributed by atoms with Crippen LogP contribution in [0.1, 0.15) is 26.2 Å². The second-order valence-corrected chi connectivity index (χ2v) is 3.33. The van der Waals surface area contributed by atoms with Crippen LogP contribution in [0.3, 0.4) is 0 Å². The number of nitrogens with two attached hydrogens (primary N) is 1. The van der Waals surface area contributed by atoms with Gasteiger partial charge in [0, 0.05) is 6.54 Å². The van der Waals surface area contributed by atoms with Gasteiger partial charge in [-0.25, -0.2) is 4.79 Å². The molecule has 0 unspecified atom stereocenters. The minimum Gasteiger partial charge on any atom is -0.383 e. The molecule has 0 radical (unpaired) electrons. The second kappa shape index (κ2) is 5.23. The van der Waals surface area contributed by atoms with Crippen molar-refractivity contribution in [2.24, 2.45) is 0 Å². The molecule has 84 valence electrons. The lowest BCUT2D eigenvalue weighted by molar-refractivity contribution is 0.743. The van der Waals surface area contributed by atoms with Crippen molar-refractivity contribution in [1.82, 2.24) is 9.97 Å². The van der Waals surface area contributed by atoms with Crippen LogP contribution in [0.15, 0.2) is 9.59 Å². The summed E-state index contributed by atoms with van der Waals surface area (Å²) in [6, 6.07) is 0. The van der Waals surface area contributed by atoms with E-state index in [1.165, 1.54) is 0 Å². The third kappa shape index (κ3) is 3.16. The van der Waals surface area contributed by atoms with Crippen LogP contribution in [-0.2, 0) is 0 Å². The van der Waals surface area contributed by atoms with Crippen molar-refractivity contribution >= 4 is 11.5 Å². The summed E-state index contributed by atoms with van der Waals surface area (Å²) in [5, 5.41) is 2.90. The topological polar surface area (TPSA) is 104 Å². The molecular formula is C9H16N4O2. The highest BCUT2D eigenvalue weighted by molar-refractivity contribution is 5.59. The molecule has 1 aromatic rings. The molecule has 0 aliphatic rings. The van der Waals surface area contributed by atoms with E-state index in [9.17, 15) is 9.59 Å². The summed E-state index contributed by atoms with van der Waals surface area (Å²) in [5.74, 6) is 0.0836. The Morgan fingerprint density at radius 1 is 1.27 bits per heavy atom. The molecule has 0 saturated heterocycles. The summed E-state index contributed by atoms with van der Waals surface area (Å²) in [7, 11) is 0. The number of rotatable bonds is 5. The number of anilines is 2. The second-order valence-electron chi connectivity index (χ2n) is 3.33. The largest absolute Gasteiger partial charge is 0.383 e. The fourth-order valence-corrected chi connectivity index (χ4v) is 1.27. The van der Waals surface area contributed by atoms with Crippen LogP contribution >= 0.6 is 0 Å². The monoisotopic (exact) mass is 212 g/mol. The quantitative estimate of drug-likeness (QED) is 0.525. The van der Waals surface area contributed by atoms with Gasteiger partial charge in [-0.3, -0.25) is 14.8 Å². The normalized spacial score (nSPS) is 10.2. The molecule has 0 bridgehead atoms. The van der Waals surface area contributed by atoms with Gasteiger partial charge < -0.3 is 11.1 Å². The lowest BCUT2D eigenvalue weighted by Crippen LogP contribution is -2.27. The molecule has 0 aliphatic heterocycles. The van der Waals surface area contributed by atoms with Crippen molar-refractivity contribution in [2.45, 2.75) is 26.2 Å². The molecule has 6 nitrogen and oxygen atoms in total. The molecule has 0 amide bonds. The van der Waals surface area contributed by atoms with Gasteiger partial charge in [-0.15, -0.1) is 0 Å². The predicted molar refractivity (Wildman–Crippen MR) is 60.1 cm³/mol. The molecule has 0 aromatic carbocycles. The Balaban J connectivity index is 2.69. The van der Waals surface area contributed by atoms with E-state index >= 15 is 0 Å². The van der Waals surface area contributed by atoms with Gasteiger partial charge >= 0.3 is 5.69 Å². The number of unbranched alkanes of at least 4 members (excludes halogenated alkanes) is 2. The number of aromatic amines is 2. The standard InChI is InChI=1S/C9H16N4O2/c1-2-3-4-5-11-6-7(10)12-9(15)13-8(6)14/h11H,2-5H2,1H3,(H4,10,12,13,14,15). The SMILES string of the molecule is CCCCCNc1c(N)[nH]c(=O)[nH]c1=O. The van der Waals surface area contributed by atoms with Crippen molar-refractivity contribution < 1.29 is 0 Å². The van der Waals surface area contributed by atoms with Gasteiger partial charge in [0.2, 0.25) is 0 Å². The van der Waals surface area contributed by atoms with E-state index in [1.807, 2.05) is 0 Å². The number of hydrogen-bond donors (Lipinski definition) is 4. The fraction of sp³-hybridized carbons (Fsp3) is 0.556. The van der Waals surface area contributed by atoms with Crippen molar-refractivity contribution in [3.8, 4) is 0 Å². The number of hydrogen-bond acceptors (Lipinski definition) is 4. The van der Waals surface area contributed by atoms with E-state index in [0.29, 0.717) is 6.54 Å². The van der Waals surface area contributed by atoms with Gasteiger partial charge in [-0.2, -0.15) is 0 Å². The van der Waals surface area contributed by atoms with Crippen molar-refractivity contribution in [3.05, 3.63) is 20.8 Å². The van der Waals surface area contributed by atoms with Crippen LogP contribution < -0.4 is 22.3 Å². The number of nitrogens with one attached hydrogen (secondary N) is 3. The minimum atomic E-state index is -0.586. The van der Waals surface area contributed by atoms with Crippen LogP contribution in [0.5, 0.6) is 0 Å². The first-order chi connectivity index (χ1) is 7.15. The number of aromatic nitrogens is 2. The van der Waals surface area contributed by atoms with Gasteiger partial charge in [0.1, 0.15) is 11.5 Å². The van der Waals surface area contributed by atoms with Crippen LogP contribution in [0.25, 0.3) is 0 Å². The van der Waals surface area contributed by atoms with E-state index in [2.05, 4.69) is 22.2 Å². The molecule has 6 heteroatoms. The van der Waals surface area contributed by atoms with Crippen LogP contribution in [-0.4, -0.2) is 16.5 Å². The maximum Gasteiger partial charge on any atom is 0.327 e. The van der Waals surface area contributed by atoms with Crippen LogP contribution in [0.4, 0.5) is 11.5 Å². The molecule has 1 rings (SSSR count). The Morgan fingerprint density at radius 2 is 2.00 bits per heavy atom. The minimum absolute atomic E-state index is 0.0836. The Kier molecular flexibility index (Phi) is 3.96. The Bertz CT molecular complexity index is 421. The van der Waals surface area contributed by atoms with Crippen LogP contribution in [0, 0.1) is 0 Å². The molecule has 0 aliphatic carbocycles. The molecule has 0 saturated carbocycles. The molecule has 0 spiro atoms. The van der Waals surface area contributed by atoms with Gasteiger partial charge in [-0.1, -0.05) is 19.8 Å². The third-order valence-corrected chi connectivity index (χ3v) is 2.05. The van der Waals surface area contributed by atoms with Crippen molar-refractivity contribution in [1.29, 1.82) is 0 Å². The van der Waals surface area contributed by atoms with E-state index in [4.69, 9.17) is 5.73 Å². The van der Waals surface area contributed by atoms with E-state index < -0.39 is 11.2 Å². The van der Waals surface area contributed by atoms with Gasteiger partial charge in [0.05, 0.1) is 0 Å². The smallest absolute Gasteiger partial charge is 0.327 e. The summed E-state index contributed by atoms with van der Waals surface area (Å²) in [5.41, 5.74) is 4.67. The maximum atomic E-state index is 11.3. The summed E-state index contributed by atoms with van der Waals surface area (Å²) in [6.45, 7) is 2.77. The Hall–Kier alpha value is -1.72. The van der Waals surface area contributed by atoms with Gasteiger partial charge in [0.15, 0.2) is 0 Å². The first-order valence-electron chi connectivity index (χ1n) is 5.01. The van der Waals surface area contributed by atoms with Crippen LogP contribution in [0.2, 0.25) is 0 Å². The average Bonchev–Trinajstić information content (AvgIpc) is 2.15. The predicted octanol–water partition coefficient (Wildman–Crippen LogP) is 0.248. The zero-order valence-electron chi connectivity index (χ0n) is 8.72. The van der Waals surface area contributed by atoms with Crippen molar-refractivity contribution in [3.63, 3.8) is 0 Å². The van der Waals surface area contributed by atoms with E-state index in [-0.39, 0.29) is 11.5 Å². The van der Waals surface area contributed by atoms with Crippen molar-refractivity contribution in [2.75, 3.05) is 17.6 Å². The zero-order valence-corrected chi connectivity index (χ0v) is 8.72. The molecule has 0 atom stereocenters. The van der Waals surface area contributed by atoms with Gasteiger partial charge in [-0.05, 0) is 6.42 Å². The van der Waals surface area contributed by atoms with Gasteiger partial charge in [0.25, 0.3) is 5.56 Å². The van der Waals surface area contributed by atoms with E-state index in [0.717, 1.165) is 19.3 Å². The Labute approximate surface area is 86.9 Å².